The second-order valence-corrected chi connectivity index (χ2v) is 2.36. The summed E-state index contributed by atoms with van der Waals surface area (Å²) in [5.74, 6) is 0.0729. The number of pyridine rings is 1. The second-order valence-electron chi connectivity index (χ2n) is 2.36. The normalized spacial score (nSPS) is 9.33. The summed E-state index contributed by atoms with van der Waals surface area (Å²) in [6.45, 7) is 0. The van der Waals surface area contributed by atoms with Crippen LogP contribution in [0.5, 0.6) is 5.88 Å². The van der Waals surface area contributed by atoms with Crippen molar-refractivity contribution in [2.45, 2.75) is 0 Å². The molecule has 12 heavy (non-hydrogen) atoms. The molecule has 0 amide bonds. The van der Waals surface area contributed by atoms with Crippen LogP contribution in [0, 0.1) is 0 Å². The predicted octanol–water partition coefficient (Wildman–Crippen LogP) is 1.29. The van der Waals surface area contributed by atoms with Crippen molar-refractivity contribution in [3.63, 3.8) is 0 Å². The monoisotopic (exact) mass is 169 g/mol. The van der Waals surface area contributed by atoms with E-state index in [1.807, 2.05) is 30.3 Å². The van der Waals surface area contributed by atoms with Gasteiger partial charge < -0.3 is 5.11 Å². The number of aromatic hydroxyl groups is 1. The van der Waals surface area contributed by atoms with Crippen LogP contribution in [-0.4, -0.2) is 39.6 Å². The number of hydrogen-bond donors (Lipinski definition) is 1. The van der Waals surface area contributed by atoms with Gasteiger partial charge in [-0.1, -0.05) is 18.2 Å². The molecule has 1 heterocycles. The molecule has 0 aliphatic rings. The summed E-state index contributed by atoms with van der Waals surface area (Å²) in [5, 5.41) is 10.1. The average molecular weight is 169 g/mol. The van der Waals surface area contributed by atoms with E-state index in [0.29, 0.717) is 0 Å². The maximum atomic E-state index is 9.02. The fourth-order valence-electron chi connectivity index (χ4n) is 1.06. The van der Waals surface area contributed by atoms with Gasteiger partial charge in [0.25, 0.3) is 0 Å². The van der Waals surface area contributed by atoms with Gasteiger partial charge >= 0.3 is 29.6 Å². The zero-order chi connectivity index (χ0) is 7.68. The van der Waals surface area contributed by atoms with Crippen LogP contribution in [0.2, 0.25) is 0 Å². The summed E-state index contributed by atoms with van der Waals surface area (Å²) in [5.41, 5.74) is 0.826. The number of rotatable bonds is 0. The van der Waals surface area contributed by atoms with Crippen molar-refractivity contribution in [3.05, 3.63) is 36.4 Å². The Bertz CT molecular complexity index is 389. The Balaban J connectivity index is 0.000000720. The fraction of sp³-hybridized carbons (Fsp3) is 0. The van der Waals surface area contributed by atoms with E-state index in [2.05, 4.69) is 4.98 Å². The SMILES string of the molecule is Oc1ccc2ccccc2n1.[NaH]. The molecule has 2 aromatic rings. The quantitative estimate of drug-likeness (QED) is 0.603. The average Bonchev–Trinajstić information content (AvgIpc) is 2.04. The van der Waals surface area contributed by atoms with Gasteiger partial charge in [0, 0.05) is 11.5 Å². The van der Waals surface area contributed by atoms with Gasteiger partial charge in [-0.25, -0.2) is 4.98 Å². The molecule has 1 aromatic heterocycles. The molecule has 2 rings (SSSR count). The van der Waals surface area contributed by atoms with E-state index in [1.54, 1.807) is 6.07 Å². The molecule has 3 heteroatoms. The first-order valence-corrected chi connectivity index (χ1v) is 3.41. The number of para-hydroxylation sites is 1. The van der Waals surface area contributed by atoms with E-state index in [1.165, 1.54) is 0 Å². The van der Waals surface area contributed by atoms with Gasteiger partial charge in [0.2, 0.25) is 5.88 Å². The number of hydrogen-bond acceptors (Lipinski definition) is 2. The minimum atomic E-state index is 0. The molecular formula is C9H8NNaO. The van der Waals surface area contributed by atoms with E-state index in [9.17, 15) is 0 Å². The Morgan fingerprint density at radius 3 is 2.58 bits per heavy atom. The van der Waals surface area contributed by atoms with E-state index >= 15 is 0 Å². The summed E-state index contributed by atoms with van der Waals surface area (Å²) in [4.78, 5) is 3.93. The van der Waals surface area contributed by atoms with Crippen molar-refractivity contribution < 1.29 is 5.11 Å². The molecule has 0 aliphatic carbocycles. The Kier molecular flexibility index (Phi) is 3.09. The summed E-state index contributed by atoms with van der Waals surface area (Å²) in [7, 11) is 0. The van der Waals surface area contributed by atoms with Crippen LogP contribution >= 0.6 is 0 Å². The summed E-state index contributed by atoms with van der Waals surface area (Å²) in [6.07, 6.45) is 0. The molecule has 0 spiro atoms. The van der Waals surface area contributed by atoms with Crippen LogP contribution in [0.1, 0.15) is 0 Å². The summed E-state index contributed by atoms with van der Waals surface area (Å²) >= 11 is 0. The Labute approximate surface area is 92.5 Å². The van der Waals surface area contributed by atoms with Crippen molar-refractivity contribution in [1.82, 2.24) is 4.98 Å². The van der Waals surface area contributed by atoms with Gasteiger partial charge in [0.1, 0.15) is 0 Å². The number of fused-ring (bicyclic) bond motifs is 1. The van der Waals surface area contributed by atoms with Crippen molar-refractivity contribution in [2.75, 3.05) is 0 Å². The maximum absolute atomic E-state index is 9.02. The van der Waals surface area contributed by atoms with Crippen LogP contribution < -0.4 is 0 Å². The standard InChI is InChI=1S/C9H7NO.Na.H/c11-9-6-5-7-3-1-2-4-8(7)10-9;;/h1-6H,(H,10,11);;. The van der Waals surface area contributed by atoms with Crippen LogP contribution in [0.3, 0.4) is 0 Å². The molecule has 0 radical (unpaired) electrons. The van der Waals surface area contributed by atoms with E-state index in [-0.39, 0.29) is 35.4 Å². The first-order chi connectivity index (χ1) is 5.36. The van der Waals surface area contributed by atoms with Crippen molar-refractivity contribution in [3.8, 4) is 5.88 Å². The molecule has 2 nitrogen and oxygen atoms in total. The van der Waals surface area contributed by atoms with Crippen LogP contribution in [0.15, 0.2) is 36.4 Å². The van der Waals surface area contributed by atoms with E-state index in [4.69, 9.17) is 5.11 Å². The molecule has 0 bridgehead atoms. The third kappa shape index (κ3) is 1.78. The molecule has 56 valence electrons. The van der Waals surface area contributed by atoms with Gasteiger partial charge in [0.15, 0.2) is 0 Å². The molecule has 0 atom stereocenters. The Hall–Kier alpha value is -0.570. The van der Waals surface area contributed by atoms with Crippen LogP contribution in [-0.2, 0) is 0 Å². The zero-order valence-corrected chi connectivity index (χ0v) is 5.86. The van der Waals surface area contributed by atoms with Crippen LogP contribution in [0.25, 0.3) is 10.9 Å². The molecule has 0 saturated carbocycles. The van der Waals surface area contributed by atoms with Gasteiger partial charge in [-0.3, -0.25) is 0 Å². The molecule has 0 aliphatic heterocycles. The summed E-state index contributed by atoms with van der Waals surface area (Å²) < 4.78 is 0. The minimum absolute atomic E-state index is 0. The van der Waals surface area contributed by atoms with Crippen molar-refractivity contribution >= 4 is 40.5 Å². The van der Waals surface area contributed by atoms with Crippen LogP contribution in [0.4, 0.5) is 0 Å². The molecule has 1 N–H and O–H groups in total. The molecule has 0 fully saturated rings. The number of benzene rings is 1. The first-order valence-electron chi connectivity index (χ1n) is 3.41. The molecular weight excluding hydrogens is 161 g/mol. The first kappa shape index (κ1) is 9.52. The zero-order valence-electron chi connectivity index (χ0n) is 5.86. The summed E-state index contributed by atoms with van der Waals surface area (Å²) in [6, 6.07) is 11.1. The van der Waals surface area contributed by atoms with E-state index < -0.39 is 0 Å². The van der Waals surface area contributed by atoms with Gasteiger partial charge in [-0.15, -0.1) is 0 Å². The second kappa shape index (κ2) is 3.90. The van der Waals surface area contributed by atoms with Gasteiger partial charge in [-0.05, 0) is 12.1 Å². The fourth-order valence-corrected chi connectivity index (χ4v) is 1.06. The Morgan fingerprint density at radius 1 is 1.00 bits per heavy atom. The number of nitrogens with zero attached hydrogens (tertiary/aromatic N) is 1. The van der Waals surface area contributed by atoms with E-state index in [0.717, 1.165) is 10.9 Å². The third-order valence-corrected chi connectivity index (χ3v) is 1.58. The van der Waals surface area contributed by atoms with Crippen molar-refractivity contribution in [2.24, 2.45) is 0 Å². The number of aromatic nitrogens is 1. The topological polar surface area (TPSA) is 33.1 Å². The van der Waals surface area contributed by atoms with Gasteiger partial charge in [0.05, 0.1) is 5.52 Å². The van der Waals surface area contributed by atoms with Crippen molar-refractivity contribution in [1.29, 1.82) is 0 Å². The molecule has 0 unspecified atom stereocenters. The van der Waals surface area contributed by atoms with Gasteiger partial charge in [-0.2, -0.15) is 0 Å². The third-order valence-electron chi connectivity index (χ3n) is 1.58. The Morgan fingerprint density at radius 2 is 1.75 bits per heavy atom. The molecule has 0 saturated heterocycles. The molecule has 1 aromatic carbocycles. The predicted molar refractivity (Wildman–Crippen MR) is 50.6 cm³/mol.